The second kappa shape index (κ2) is 11.1. The molecule has 0 aliphatic carbocycles. The number of thiocarbonyl (C=S) groups is 1. The van der Waals surface area contributed by atoms with E-state index in [-0.39, 0.29) is 18.2 Å². The molecular formula is C22H22N2O6S2. The van der Waals surface area contributed by atoms with E-state index in [0.29, 0.717) is 40.4 Å². The van der Waals surface area contributed by atoms with Gasteiger partial charge in [-0.2, -0.15) is 0 Å². The normalized spacial score (nSPS) is 14.8. The van der Waals surface area contributed by atoms with E-state index in [9.17, 15) is 14.9 Å². The second-order valence-corrected chi connectivity index (χ2v) is 8.52. The van der Waals surface area contributed by atoms with Gasteiger partial charge in [-0.05, 0) is 31.2 Å². The number of nitro benzene ring substituents is 1. The number of hydrogen-bond acceptors (Lipinski definition) is 8. The van der Waals surface area contributed by atoms with Crippen molar-refractivity contribution >= 4 is 46.0 Å². The van der Waals surface area contributed by atoms with Gasteiger partial charge in [-0.15, -0.1) is 0 Å². The summed E-state index contributed by atoms with van der Waals surface area (Å²) in [6.45, 7) is 3.36. The number of nitrogens with zero attached hydrogens (tertiary/aromatic N) is 2. The lowest BCUT2D eigenvalue weighted by Gasteiger charge is -2.11. The average Bonchev–Trinajstić information content (AvgIpc) is 3.01. The summed E-state index contributed by atoms with van der Waals surface area (Å²) in [7, 11) is 1.59. The number of nitro groups is 1. The molecular weight excluding hydrogens is 452 g/mol. The van der Waals surface area contributed by atoms with Gasteiger partial charge in [-0.25, -0.2) is 0 Å². The Morgan fingerprint density at radius 2 is 1.78 bits per heavy atom. The van der Waals surface area contributed by atoms with Crippen molar-refractivity contribution in [1.82, 2.24) is 4.90 Å². The van der Waals surface area contributed by atoms with Gasteiger partial charge in [0.15, 0.2) is 0 Å². The average molecular weight is 475 g/mol. The van der Waals surface area contributed by atoms with Crippen LogP contribution in [-0.2, 0) is 9.53 Å². The Morgan fingerprint density at radius 3 is 2.41 bits per heavy atom. The molecule has 2 aromatic carbocycles. The summed E-state index contributed by atoms with van der Waals surface area (Å²) < 4.78 is 17.3. The van der Waals surface area contributed by atoms with Crippen LogP contribution in [-0.4, -0.2) is 53.5 Å². The first kappa shape index (κ1) is 23.7. The Morgan fingerprint density at radius 1 is 1.09 bits per heavy atom. The van der Waals surface area contributed by atoms with E-state index in [0.717, 1.165) is 23.1 Å². The summed E-state index contributed by atoms with van der Waals surface area (Å²) in [6, 6.07) is 12.0. The molecule has 1 saturated heterocycles. The smallest absolute Gasteiger partial charge is 0.270 e. The third kappa shape index (κ3) is 6.28. The summed E-state index contributed by atoms with van der Waals surface area (Å²) >= 11 is 6.27. The summed E-state index contributed by atoms with van der Waals surface area (Å²) in [6.07, 6.45) is 1.56. The van der Waals surface area contributed by atoms with Crippen molar-refractivity contribution in [3.63, 3.8) is 0 Å². The Balaban J connectivity index is 1.54. The SMILES string of the molecule is Cc1ccc(OCCOCCOc2ccc([N+](=O)[O-])cc2/C=C2\SC(=S)N(C)C2=O)cc1. The van der Waals surface area contributed by atoms with Crippen molar-refractivity contribution in [2.45, 2.75) is 6.92 Å². The topological polar surface area (TPSA) is 91.1 Å². The summed E-state index contributed by atoms with van der Waals surface area (Å²) in [4.78, 5) is 24.7. The van der Waals surface area contributed by atoms with Gasteiger partial charge in [-0.3, -0.25) is 19.8 Å². The van der Waals surface area contributed by atoms with Gasteiger partial charge in [0.2, 0.25) is 0 Å². The van der Waals surface area contributed by atoms with Gasteiger partial charge in [-0.1, -0.05) is 41.7 Å². The molecule has 0 bridgehead atoms. The zero-order chi connectivity index (χ0) is 23.1. The van der Waals surface area contributed by atoms with Crippen molar-refractivity contribution < 1.29 is 23.9 Å². The van der Waals surface area contributed by atoms with Crippen molar-refractivity contribution in [2.75, 3.05) is 33.5 Å². The number of amides is 1. The summed E-state index contributed by atoms with van der Waals surface area (Å²) in [5.41, 5.74) is 1.49. The Labute approximate surface area is 195 Å². The van der Waals surface area contributed by atoms with E-state index in [4.69, 9.17) is 26.4 Å². The highest BCUT2D eigenvalue weighted by molar-refractivity contribution is 8.26. The predicted molar refractivity (Wildman–Crippen MR) is 127 cm³/mol. The molecule has 1 fully saturated rings. The molecule has 3 rings (SSSR count). The second-order valence-electron chi connectivity index (χ2n) is 6.84. The number of hydrogen-bond donors (Lipinski definition) is 0. The first-order valence-electron chi connectivity index (χ1n) is 9.75. The molecule has 1 aliphatic rings. The molecule has 168 valence electrons. The molecule has 1 aliphatic heterocycles. The maximum Gasteiger partial charge on any atom is 0.270 e. The fourth-order valence-electron chi connectivity index (χ4n) is 2.75. The minimum atomic E-state index is -0.497. The van der Waals surface area contributed by atoms with E-state index in [2.05, 4.69) is 0 Å². The van der Waals surface area contributed by atoms with Crippen LogP contribution in [0.5, 0.6) is 11.5 Å². The molecule has 0 aromatic heterocycles. The zero-order valence-electron chi connectivity index (χ0n) is 17.6. The van der Waals surface area contributed by atoms with Crippen LogP contribution in [0.15, 0.2) is 47.4 Å². The molecule has 1 amide bonds. The van der Waals surface area contributed by atoms with Crippen LogP contribution in [0.2, 0.25) is 0 Å². The van der Waals surface area contributed by atoms with Gasteiger partial charge < -0.3 is 14.2 Å². The van der Waals surface area contributed by atoms with Gasteiger partial charge in [0, 0.05) is 24.7 Å². The van der Waals surface area contributed by atoms with Crippen molar-refractivity contribution in [2.24, 2.45) is 0 Å². The van der Waals surface area contributed by atoms with E-state index in [1.165, 1.54) is 23.1 Å². The van der Waals surface area contributed by atoms with Gasteiger partial charge >= 0.3 is 0 Å². The summed E-state index contributed by atoms with van der Waals surface area (Å²) in [5, 5.41) is 11.2. The van der Waals surface area contributed by atoms with E-state index in [1.807, 2.05) is 31.2 Å². The van der Waals surface area contributed by atoms with E-state index < -0.39 is 4.92 Å². The number of carbonyl (C=O) groups excluding carboxylic acids is 1. The fraction of sp³-hybridized carbons (Fsp3) is 0.273. The van der Waals surface area contributed by atoms with Crippen LogP contribution in [0, 0.1) is 17.0 Å². The number of thioether (sulfide) groups is 1. The van der Waals surface area contributed by atoms with Crippen LogP contribution in [0.25, 0.3) is 6.08 Å². The van der Waals surface area contributed by atoms with Crippen LogP contribution < -0.4 is 9.47 Å². The highest BCUT2D eigenvalue weighted by atomic mass is 32.2. The zero-order valence-corrected chi connectivity index (χ0v) is 19.2. The lowest BCUT2D eigenvalue weighted by atomic mass is 10.1. The molecule has 2 aromatic rings. The van der Waals surface area contributed by atoms with Crippen LogP contribution >= 0.6 is 24.0 Å². The molecule has 1 heterocycles. The first-order chi connectivity index (χ1) is 15.3. The van der Waals surface area contributed by atoms with Crippen molar-refractivity contribution in [3.8, 4) is 11.5 Å². The third-order valence-corrected chi connectivity index (χ3v) is 5.96. The Kier molecular flexibility index (Phi) is 8.20. The fourth-order valence-corrected chi connectivity index (χ4v) is 3.92. The lowest BCUT2D eigenvalue weighted by molar-refractivity contribution is -0.384. The van der Waals surface area contributed by atoms with Gasteiger partial charge in [0.05, 0.1) is 23.0 Å². The molecule has 0 spiro atoms. The quantitative estimate of drug-likeness (QED) is 0.166. The maximum absolute atomic E-state index is 12.3. The number of benzene rings is 2. The number of carbonyl (C=O) groups is 1. The number of rotatable bonds is 10. The molecule has 10 heteroatoms. The Hall–Kier alpha value is -2.95. The molecule has 8 nitrogen and oxygen atoms in total. The number of likely N-dealkylation sites (N-methyl/N-ethyl adjacent to an activating group) is 1. The summed E-state index contributed by atoms with van der Waals surface area (Å²) in [5.74, 6) is 0.939. The maximum atomic E-state index is 12.3. The number of ether oxygens (including phenoxy) is 3. The van der Waals surface area contributed by atoms with Crippen LogP contribution in [0.3, 0.4) is 0 Å². The minimum Gasteiger partial charge on any atom is -0.491 e. The molecule has 0 saturated carbocycles. The highest BCUT2D eigenvalue weighted by Crippen LogP contribution is 2.34. The Bertz CT molecular complexity index is 1040. The first-order valence-corrected chi connectivity index (χ1v) is 11.0. The largest absolute Gasteiger partial charge is 0.491 e. The lowest BCUT2D eigenvalue weighted by Crippen LogP contribution is -2.22. The molecule has 0 atom stereocenters. The third-order valence-electron chi connectivity index (χ3n) is 4.48. The minimum absolute atomic E-state index is 0.0971. The molecule has 0 unspecified atom stereocenters. The monoisotopic (exact) mass is 474 g/mol. The van der Waals surface area contributed by atoms with E-state index in [1.54, 1.807) is 13.1 Å². The van der Waals surface area contributed by atoms with Gasteiger partial charge in [0.25, 0.3) is 11.6 Å². The van der Waals surface area contributed by atoms with E-state index >= 15 is 0 Å². The predicted octanol–water partition coefficient (Wildman–Crippen LogP) is 4.21. The molecule has 32 heavy (non-hydrogen) atoms. The molecule has 0 radical (unpaired) electrons. The van der Waals surface area contributed by atoms with Crippen LogP contribution in [0.4, 0.5) is 5.69 Å². The number of non-ortho nitro benzene ring substituents is 1. The highest BCUT2D eigenvalue weighted by Gasteiger charge is 2.29. The number of aryl methyl sites for hydroxylation is 1. The van der Waals surface area contributed by atoms with Crippen LogP contribution in [0.1, 0.15) is 11.1 Å². The van der Waals surface area contributed by atoms with Crippen molar-refractivity contribution in [1.29, 1.82) is 0 Å². The molecule has 0 N–H and O–H groups in total. The van der Waals surface area contributed by atoms with Crippen molar-refractivity contribution in [3.05, 3.63) is 68.6 Å². The van der Waals surface area contributed by atoms with Gasteiger partial charge in [0.1, 0.15) is 29.0 Å². The standard InChI is InChI=1S/C22H22N2O6S2/c1-15-3-6-18(7-4-15)29-11-9-28-10-12-30-19-8-5-17(24(26)27)13-16(19)14-20-21(25)23(2)22(31)32-20/h3-8,13-14H,9-12H2,1-2H3/b20-14-.